The number of aryl methyl sites for hydroxylation is 1. The molecule has 3 rings (SSSR count). The number of guanidine groups is 2. The van der Waals surface area contributed by atoms with Gasteiger partial charge in [-0.2, -0.15) is 21.8 Å². The van der Waals surface area contributed by atoms with Gasteiger partial charge in [0.2, 0.25) is 17.8 Å². The Bertz CT molecular complexity index is 1420. The molecule has 1 heterocycles. The van der Waals surface area contributed by atoms with Crippen LogP contribution in [0.5, 0.6) is 0 Å². The Morgan fingerprint density at radius 3 is 2.08 bits per heavy atom. The number of aliphatic imine (C=N–C) groups is 2. The summed E-state index contributed by atoms with van der Waals surface area (Å²) in [5, 5.41) is 2.67. The Labute approximate surface area is 228 Å². The molecular weight excluding hydrogens is 551 g/mol. The van der Waals surface area contributed by atoms with Crippen molar-refractivity contribution in [1.29, 1.82) is 0 Å². The maximum atomic E-state index is 12.9. The number of hydrogen-bond donors (Lipinski definition) is 4. The first-order chi connectivity index (χ1) is 18.0. The smallest absolute Gasteiger partial charge is 0.332 e. The third-order valence-electron chi connectivity index (χ3n) is 5.49. The van der Waals surface area contributed by atoms with E-state index in [0.717, 1.165) is 36.2 Å². The molecule has 6 N–H and O–H groups in total. The molecule has 1 amide bonds. The molecule has 0 saturated heterocycles. The Morgan fingerprint density at radius 2 is 1.59 bits per heavy atom. The van der Waals surface area contributed by atoms with Gasteiger partial charge in [0, 0.05) is 17.8 Å². The van der Waals surface area contributed by atoms with Crippen LogP contribution < -0.4 is 21.7 Å². The van der Waals surface area contributed by atoms with Crippen LogP contribution in [-0.2, 0) is 31.6 Å². The van der Waals surface area contributed by atoms with Crippen LogP contribution in [0.1, 0.15) is 45.6 Å². The molecule has 0 atom stereocenters. The number of rotatable bonds is 9. The van der Waals surface area contributed by atoms with Crippen LogP contribution in [0.4, 0.5) is 15.3 Å². The second-order valence-corrected chi connectivity index (χ2v) is 12.1. The maximum Gasteiger partial charge on any atom is 0.332 e. The lowest BCUT2D eigenvalue weighted by Gasteiger charge is -2.38. The Morgan fingerprint density at radius 1 is 1.03 bits per heavy atom. The zero-order valence-corrected chi connectivity index (χ0v) is 23.5. The molecule has 15 heteroatoms. The summed E-state index contributed by atoms with van der Waals surface area (Å²) < 4.78 is 61.5. The zero-order chi connectivity index (χ0) is 29.4. The number of amides is 1. The van der Waals surface area contributed by atoms with Gasteiger partial charge in [-0.1, -0.05) is 12.1 Å². The van der Waals surface area contributed by atoms with Crippen LogP contribution in [0.3, 0.4) is 0 Å². The minimum Gasteiger partial charge on any atom is -0.369 e. The molecular formula is C24H33FN6O6S2. The molecule has 0 saturated carbocycles. The predicted octanol–water partition coefficient (Wildman–Crippen LogP) is 2.78. The predicted molar refractivity (Wildman–Crippen MR) is 149 cm³/mol. The molecule has 2 aromatic rings. The highest BCUT2D eigenvalue weighted by atomic mass is 32.3. The van der Waals surface area contributed by atoms with Gasteiger partial charge in [-0.25, -0.2) is 4.99 Å². The molecule has 1 aliphatic heterocycles. The minimum absolute atomic E-state index is 0.152. The van der Waals surface area contributed by atoms with Gasteiger partial charge >= 0.3 is 10.2 Å². The van der Waals surface area contributed by atoms with E-state index in [1.54, 1.807) is 0 Å². The molecule has 0 unspecified atom stereocenters. The zero-order valence-electron chi connectivity index (χ0n) is 21.8. The number of carbonyl (C=O) groups excluding carboxylic acids is 1. The van der Waals surface area contributed by atoms with Gasteiger partial charge in [-0.3, -0.25) is 14.2 Å². The average Bonchev–Trinajstić information content (AvgIpc) is 2.81. The fourth-order valence-corrected chi connectivity index (χ4v) is 4.06. The summed E-state index contributed by atoms with van der Waals surface area (Å²) in [7, 11) is -8.41. The number of carbonyl (C=O) groups is 1. The molecule has 2 aromatic carbocycles. The van der Waals surface area contributed by atoms with E-state index in [1.807, 2.05) is 43.0 Å². The highest BCUT2D eigenvalue weighted by Gasteiger charge is 2.32. The first-order valence-corrected chi connectivity index (χ1v) is 14.9. The van der Waals surface area contributed by atoms with Crippen molar-refractivity contribution in [3.63, 3.8) is 0 Å². The second kappa shape index (κ2) is 13.0. The molecule has 0 fully saturated rings. The monoisotopic (exact) mass is 584 g/mol. The summed E-state index contributed by atoms with van der Waals surface area (Å²) >= 11 is 0. The van der Waals surface area contributed by atoms with Gasteiger partial charge in [-0.05, 0) is 82.0 Å². The Hall–Kier alpha value is -3.56. The quantitative estimate of drug-likeness (QED) is 0.194. The van der Waals surface area contributed by atoms with Crippen LogP contribution in [-0.4, -0.2) is 50.6 Å². The van der Waals surface area contributed by atoms with Crippen molar-refractivity contribution < 1.29 is 30.1 Å². The average molecular weight is 585 g/mol. The number of anilines is 2. The fraction of sp³-hybridized carbons (Fsp3) is 0.375. The van der Waals surface area contributed by atoms with Gasteiger partial charge in [0.05, 0.1) is 10.6 Å². The van der Waals surface area contributed by atoms with Crippen LogP contribution in [0.2, 0.25) is 0 Å². The third kappa shape index (κ3) is 10.3. The second-order valence-electron chi connectivity index (χ2n) is 9.02. The molecule has 0 spiro atoms. The van der Waals surface area contributed by atoms with E-state index >= 15 is 0 Å². The lowest BCUT2D eigenvalue weighted by molar-refractivity contribution is -0.116. The van der Waals surface area contributed by atoms with Gasteiger partial charge < -0.3 is 16.8 Å². The van der Waals surface area contributed by atoms with E-state index in [4.69, 9.17) is 16.0 Å². The van der Waals surface area contributed by atoms with E-state index < -0.39 is 30.9 Å². The third-order valence-corrected chi connectivity index (χ3v) is 7.06. The maximum absolute atomic E-state index is 12.9. The standard InChI is InChI=1S/C22H27FN6O3S.C2H6O3S/c1-22(2)28-20(24)27-21(25)29(22)17-11-7-15(8-12-17)5-3-4-6-19(30)26-16-9-13-18(14-10-16)33(23,31)32;1-2-6(3,4)5/h7-14H,3-6H2,1-2H3,(H,26,30)(H4,24,25,27,28);2H2,1H3,(H,3,4,5). The number of benzene rings is 2. The Kier molecular flexibility index (Phi) is 10.5. The SMILES string of the molecule is CC1(C)N=C(N)N=C(N)N1c1ccc(CCCCC(=O)Nc2ccc(S(=O)(=O)F)cc2)cc1.CCS(=O)(=O)O. The minimum atomic E-state index is -4.75. The first kappa shape index (κ1) is 31.7. The van der Waals surface area contributed by atoms with Crippen molar-refractivity contribution in [2.24, 2.45) is 21.5 Å². The first-order valence-electron chi connectivity index (χ1n) is 11.9. The molecule has 0 radical (unpaired) electrons. The summed E-state index contributed by atoms with van der Waals surface area (Å²) in [6.07, 6.45) is 2.60. The van der Waals surface area contributed by atoms with Crippen molar-refractivity contribution >= 4 is 49.5 Å². The highest BCUT2D eigenvalue weighted by molar-refractivity contribution is 7.86. The molecule has 0 bridgehead atoms. The van der Waals surface area contributed by atoms with E-state index in [0.29, 0.717) is 18.5 Å². The van der Waals surface area contributed by atoms with Crippen molar-refractivity contribution in [1.82, 2.24) is 0 Å². The van der Waals surface area contributed by atoms with Crippen LogP contribution in [0, 0.1) is 0 Å². The number of nitrogens with zero attached hydrogens (tertiary/aromatic N) is 3. The number of halogens is 1. The van der Waals surface area contributed by atoms with Gasteiger partial charge in [0.25, 0.3) is 10.1 Å². The van der Waals surface area contributed by atoms with Crippen molar-refractivity contribution in [3.8, 4) is 0 Å². The number of hydrogen-bond acceptors (Lipinski definition) is 10. The molecule has 39 heavy (non-hydrogen) atoms. The van der Waals surface area contributed by atoms with Gasteiger partial charge in [-0.15, -0.1) is 3.89 Å². The van der Waals surface area contributed by atoms with E-state index in [-0.39, 0.29) is 23.6 Å². The highest BCUT2D eigenvalue weighted by Crippen LogP contribution is 2.27. The lowest BCUT2D eigenvalue weighted by Crippen LogP contribution is -2.54. The normalized spacial score (nSPS) is 14.9. The van der Waals surface area contributed by atoms with E-state index in [1.165, 1.54) is 19.1 Å². The summed E-state index contributed by atoms with van der Waals surface area (Å²) in [6.45, 7) is 5.17. The van der Waals surface area contributed by atoms with Crippen LogP contribution in [0.25, 0.3) is 0 Å². The largest absolute Gasteiger partial charge is 0.369 e. The van der Waals surface area contributed by atoms with Crippen LogP contribution in [0.15, 0.2) is 63.4 Å². The topological polar surface area (TPSA) is 198 Å². The molecule has 214 valence electrons. The lowest BCUT2D eigenvalue weighted by atomic mass is 10.1. The summed E-state index contributed by atoms with van der Waals surface area (Å²) in [5.41, 5.74) is 13.5. The van der Waals surface area contributed by atoms with E-state index in [9.17, 15) is 25.5 Å². The molecule has 0 aliphatic carbocycles. The summed E-state index contributed by atoms with van der Waals surface area (Å²) in [5.74, 6) is 0.0435. The Balaban J connectivity index is 0.000000798. The molecule has 1 aliphatic rings. The summed E-state index contributed by atoms with van der Waals surface area (Å²) in [4.78, 5) is 21.8. The number of nitrogens with two attached hydrogens (primary N) is 2. The van der Waals surface area contributed by atoms with Crippen molar-refractivity contribution in [2.75, 3.05) is 16.0 Å². The van der Waals surface area contributed by atoms with Crippen LogP contribution >= 0.6 is 0 Å². The molecule has 0 aromatic heterocycles. The van der Waals surface area contributed by atoms with Crippen molar-refractivity contribution in [3.05, 3.63) is 54.1 Å². The number of nitrogens with one attached hydrogen (secondary N) is 1. The van der Waals surface area contributed by atoms with Gasteiger partial charge in [0.1, 0.15) is 5.66 Å². The molecule has 12 nitrogen and oxygen atoms in total. The van der Waals surface area contributed by atoms with Crippen molar-refractivity contribution in [2.45, 2.75) is 57.0 Å². The van der Waals surface area contributed by atoms with Gasteiger partial charge in [0.15, 0.2) is 0 Å². The number of unbranched alkanes of at least 4 members (excludes halogenated alkanes) is 1. The summed E-state index contributed by atoms with van der Waals surface area (Å²) in [6, 6.07) is 12.8. The fourth-order valence-electron chi connectivity index (χ4n) is 3.60. The van der Waals surface area contributed by atoms with E-state index in [2.05, 4.69) is 15.3 Å².